The summed E-state index contributed by atoms with van der Waals surface area (Å²) >= 11 is 1.84. The molecule has 1 fully saturated rings. The largest absolute Gasteiger partial charge is 0.335 e. The van der Waals surface area contributed by atoms with Crippen molar-refractivity contribution < 1.29 is 4.79 Å². The molecule has 0 radical (unpaired) electrons. The van der Waals surface area contributed by atoms with Crippen LogP contribution in [0.4, 0.5) is 0 Å². The standard InChI is InChI=1S/C16H24N2OS/c1-2-14-13-8-10-20-15(13)7-9-18(14)16(19)11-3-5-12(17)6-4-11/h8,10-12,14H,2-7,9,17H2,1H3. The van der Waals surface area contributed by atoms with Gasteiger partial charge in [0.1, 0.15) is 0 Å². The summed E-state index contributed by atoms with van der Waals surface area (Å²) in [5.74, 6) is 0.588. The number of thiophene rings is 1. The van der Waals surface area contributed by atoms with Gasteiger partial charge in [0.25, 0.3) is 0 Å². The van der Waals surface area contributed by atoms with Crippen LogP contribution in [-0.4, -0.2) is 23.4 Å². The van der Waals surface area contributed by atoms with E-state index in [9.17, 15) is 4.79 Å². The summed E-state index contributed by atoms with van der Waals surface area (Å²) in [4.78, 5) is 16.5. The molecule has 110 valence electrons. The zero-order chi connectivity index (χ0) is 14.1. The summed E-state index contributed by atoms with van der Waals surface area (Å²) in [6.45, 7) is 3.09. The highest BCUT2D eigenvalue weighted by Gasteiger charge is 2.35. The molecule has 1 unspecified atom stereocenters. The molecule has 1 aromatic rings. The molecule has 0 saturated heterocycles. The molecule has 1 amide bonds. The average Bonchev–Trinajstić information content (AvgIpc) is 2.94. The van der Waals surface area contributed by atoms with E-state index < -0.39 is 0 Å². The van der Waals surface area contributed by atoms with Gasteiger partial charge in [-0.2, -0.15) is 0 Å². The Balaban J connectivity index is 1.75. The Hall–Kier alpha value is -0.870. The highest BCUT2D eigenvalue weighted by atomic mass is 32.1. The first-order valence-electron chi connectivity index (χ1n) is 7.83. The molecule has 0 aromatic carbocycles. The zero-order valence-corrected chi connectivity index (χ0v) is 13.0. The van der Waals surface area contributed by atoms with Crippen molar-refractivity contribution in [3.63, 3.8) is 0 Å². The van der Waals surface area contributed by atoms with Crippen LogP contribution < -0.4 is 5.73 Å². The molecule has 1 aromatic heterocycles. The fraction of sp³-hybridized carbons (Fsp3) is 0.688. The van der Waals surface area contributed by atoms with E-state index in [0.717, 1.165) is 45.1 Å². The highest BCUT2D eigenvalue weighted by Crippen LogP contribution is 2.37. The molecule has 20 heavy (non-hydrogen) atoms. The van der Waals surface area contributed by atoms with Gasteiger partial charge in [-0.3, -0.25) is 4.79 Å². The van der Waals surface area contributed by atoms with Gasteiger partial charge in [-0.25, -0.2) is 0 Å². The number of amides is 1. The van der Waals surface area contributed by atoms with Crippen LogP contribution in [0.25, 0.3) is 0 Å². The first-order chi connectivity index (χ1) is 9.70. The van der Waals surface area contributed by atoms with Gasteiger partial charge >= 0.3 is 0 Å². The Morgan fingerprint density at radius 1 is 1.40 bits per heavy atom. The fourth-order valence-electron chi connectivity index (χ4n) is 3.70. The molecule has 0 spiro atoms. The maximum atomic E-state index is 12.8. The Morgan fingerprint density at radius 3 is 2.85 bits per heavy atom. The highest BCUT2D eigenvalue weighted by molar-refractivity contribution is 7.10. The zero-order valence-electron chi connectivity index (χ0n) is 12.2. The summed E-state index contributed by atoms with van der Waals surface area (Å²) in [6.07, 6.45) is 6.01. The van der Waals surface area contributed by atoms with Gasteiger partial charge in [0.05, 0.1) is 6.04 Å². The summed E-state index contributed by atoms with van der Waals surface area (Å²) in [7, 11) is 0. The Kier molecular flexibility index (Phi) is 4.13. The molecule has 3 nitrogen and oxygen atoms in total. The Bertz CT molecular complexity index is 477. The van der Waals surface area contributed by atoms with Crippen molar-refractivity contribution in [1.82, 2.24) is 4.90 Å². The van der Waals surface area contributed by atoms with Crippen molar-refractivity contribution in [2.75, 3.05) is 6.54 Å². The van der Waals surface area contributed by atoms with Crippen LogP contribution in [0.15, 0.2) is 11.4 Å². The van der Waals surface area contributed by atoms with E-state index in [1.165, 1.54) is 10.4 Å². The summed E-state index contributed by atoms with van der Waals surface area (Å²) in [5.41, 5.74) is 7.35. The van der Waals surface area contributed by atoms with E-state index in [0.29, 0.717) is 18.0 Å². The molecule has 2 heterocycles. The minimum atomic E-state index is 0.212. The number of hydrogen-bond donors (Lipinski definition) is 1. The monoisotopic (exact) mass is 292 g/mol. The second kappa shape index (κ2) is 5.86. The Labute approximate surface area is 125 Å². The lowest BCUT2D eigenvalue weighted by Crippen LogP contribution is -2.44. The SMILES string of the molecule is CCC1c2ccsc2CCN1C(=O)C1CCC(N)CC1. The van der Waals surface area contributed by atoms with Crippen molar-refractivity contribution in [3.8, 4) is 0 Å². The molecule has 1 atom stereocenters. The number of rotatable bonds is 2. The second-order valence-corrected chi connectivity index (χ2v) is 7.12. The summed E-state index contributed by atoms with van der Waals surface area (Å²) in [6, 6.07) is 2.82. The smallest absolute Gasteiger partial charge is 0.226 e. The summed E-state index contributed by atoms with van der Waals surface area (Å²) < 4.78 is 0. The van der Waals surface area contributed by atoms with Crippen molar-refractivity contribution in [3.05, 3.63) is 21.9 Å². The van der Waals surface area contributed by atoms with E-state index in [2.05, 4.69) is 23.3 Å². The van der Waals surface area contributed by atoms with Gasteiger partial charge in [-0.1, -0.05) is 6.92 Å². The van der Waals surface area contributed by atoms with Gasteiger partial charge in [-0.05, 0) is 55.5 Å². The first kappa shape index (κ1) is 14.1. The second-order valence-electron chi connectivity index (χ2n) is 6.12. The lowest BCUT2D eigenvalue weighted by atomic mass is 9.84. The molecule has 1 saturated carbocycles. The van der Waals surface area contributed by atoms with Gasteiger partial charge in [-0.15, -0.1) is 11.3 Å². The predicted molar refractivity (Wildman–Crippen MR) is 82.7 cm³/mol. The van der Waals surface area contributed by atoms with Crippen molar-refractivity contribution in [1.29, 1.82) is 0 Å². The molecule has 2 N–H and O–H groups in total. The van der Waals surface area contributed by atoms with Crippen LogP contribution in [0.2, 0.25) is 0 Å². The number of nitrogens with zero attached hydrogens (tertiary/aromatic N) is 1. The molecule has 1 aliphatic heterocycles. The fourth-order valence-corrected chi connectivity index (χ4v) is 4.63. The predicted octanol–water partition coefficient (Wildman–Crippen LogP) is 3.10. The number of hydrogen-bond acceptors (Lipinski definition) is 3. The minimum Gasteiger partial charge on any atom is -0.335 e. The lowest BCUT2D eigenvalue weighted by Gasteiger charge is -2.39. The molecule has 0 bridgehead atoms. The van der Waals surface area contributed by atoms with Crippen molar-refractivity contribution in [2.45, 2.75) is 57.5 Å². The topological polar surface area (TPSA) is 46.3 Å². The van der Waals surface area contributed by atoms with Gasteiger partial charge in [0, 0.05) is 23.4 Å². The molecule has 3 rings (SSSR count). The van der Waals surface area contributed by atoms with E-state index in [4.69, 9.17) is 5.73 Å². The molecule has 1 aliphatic carbocycles. The average molecular weight is 292 g/mol. The van der Waals surface area contributed by atoms with E-state index in [-0.39, 0.29) is 5.92 Å². The molecular formula is C16H24N2OS. The van der Waals surface area contributed by atoms with E-state index in [1.54, 1.807) is 0 Å². The molecule has 4 heteroatoms. The maximum Gasteiger partial charge on any atom is 0.226 e. The number of carbonyl (C=O) groups is 1. The summed E-state index contributed by atoms with van der Waals surface area (Å²) in [5, 5.41) is 2.17. The number of nitrogens with two attached hydrogens (primary N) is 1. The third-order valence-corrected chi connectivity index (χ3v) is 5.88. The quantitative estimate of drug-likeness (QED) is 0.910. The van der Waals surface area contributed by atoms with Crippen LogP contribution >= 0.6 is 11.3 Å². The lowest BCUT2D eigenvalue weighted by molar-refractivity contribution is -0.139. The van der Waals surface area contributed by atoms with Crippen molar-refractivity contribution in [2.24, 2.45) is 11.7 Å². The van der Waals surface area contributed by atoms with Gasteiger partial charge in [0.2, 0.25) is 5.91 Å². The third kappa shape index (κ3) is 2.51. The van der Waals surface area contributed by atoms with Crippen LogP contribution in [-0.2, 0) is 11.2 Å². The maximum absolute atomic E-state index is 12.8. The Morgan fingerprint density at radius 2 is 2.15 bits per heavy atom. The van der Waals surface area contributed by atoms with Crippen molar-refractivity contribution >= 4 is 17.2 Å². The van der Waals surface area contributed by atoms with Crippen LogP contribution in [0.5, 0.6) is 0 Å². The number of fused-ring (bicyclic) bond motifs is 1. The van der Waals surface area contributed by atoms with E-state index in [1.807, 2.05) is 11.3 Å². The minimum absolute atomic E-state index is 0.212. The number of carbonyl (C=O) groups excluding carboxylic acids is 1. The van der Waals surface area contributed by atoms with Crippen LogP contribution in [0.1, 0.15) is 55.5 Å². The normalized spacial score (nSPS) is 30.1. The van der Waals surface area contributed by atoms with Crippen LogP contribution in [0.3, 0.4) is 0 Å². The third-order valence-electron chi connectivity index (χ3n) is 4.89. The van der Waals surface area contributed by atoms with Crippen LogP contribution in [0, 0.1) is 5.92 Å². The molecule has 2 aliphatic rings. The van der Waals surface area contributed by atoms with E-state index >= 15 is 0 Å². The molecular weight excluding hydrogens is 268 g/mol. The van der Waals surface area contributed by atoms with Gasteiger partial charge < -0.3 is 10.6 Å². The van der Waals surface area contributed by atoms with Gasteiger partial charge in [0.15, 0.2) is 0 Å². The first-order valence-corrected chi connectivity index (χ1v) is 8.71.